The van der Waals surface area contributed by atoms with Gasteiger partial charge in [0, 0.05) is 10.9 Å². The fourth-order valence-corrected chi connectivity index (χ4v) is 2.57. The van der Waals surface area contributed by atoms with E-state index in [1.54, 1.807) is 24.3 Å². The van der Waals surface area contributed by atoms with Crippen molar-refractivity contribution in [3.63, 3.8) is 0 Å². The van der Waals surface area contributed by atoms with Crippen molar-refractivity contribution < 1.29 is 14.7 Å². The van der Waals surface area contributed by atoms with Crippen LogP contribution in [0, 0.1) is 5.92 Å². The van der Waals surface area contributed by atoms with Crippen molar-refractivity contribution in [3.8, 4) is 0 Å². The lowest BCUT2D eigenvalue weighted by Crippen LogP contribution is -2.35. The van der Waals surface area contributed by atoms with Crippen LogP contribution in [-0.2, 0) is 9.59 Å². The lowest BCUT2D eigenvalue weighted by atomic mass is 9.92. The van der Waals surface area contributed by atoms with E-state index in [4.69, 9.17) is 16.7 Å². The maximum atomic E-state index is 12.3. The van der Waals surface area contributed by atoms with Crippen molar-refractivity contribution in [1.29, 1.82) is 0 Å². The molecule has 0 aromatic heterocycles. The van der Waals surface area contributed by atoms with E-state index < -0.39 is 12.0 Å². The average Bonchev–Trinajstić information content (AvgIpc) is 2.48. The number of carboxylic acids is 1. The molecule has 1 aromatic carbocycles. The molecule has 0 spiro atoms. The topological polar surface area (TPSA) is 66.4 Å². The first-order valence-corrected chi connectivity index (χ1v) is 7.36. The Hall–Kier alpha value is -1.81. The van der Waals surface area contributed by atoms with Gasteiger partial charge in [0.2, 0.25) is 5.91 Å². The van der Waals surface area contributed by atoms with Crippen molar-refractivity contribution in [2.24, 2.45) is 5.92 Å². The van der Waals surface area contributed by atoms with E-state index in [1.165, 1.54) is 0 Å². The smallest absolute Gasteiger partial charge is 0.305 e. The summed E-state index contributed by atoms with van der Waals surface area (Å²) in [5.74, 6) is -1.10. The Bertz CT molecular complexity index is 539. The van der Waals surface area contributed by atoms with Gasteiger partial charge in [0.05, 0.1) is 12.5 Å². The Morgan fingerprint density at radius 3 is 2.57 bits per heavy atom. The zero-order valence-electron chi connectivity index (χ0n) is 11.6. The van der Waals surface area contributed by atoms with Gasteiger partial charge in [-0.1, -0.05) is 35.9 Å². The molecule has 1 amide bonds. The summed E-state index contributed by atoms with van der Waals surface area (Å²) in [4.78, 5) is 23.3. The second-order valence-corrected chi connectivity index (χ2v) is 5.63. The highest BCUT2D eigenvalue weighted by atomic mass is 35.5. The minimum atomic E-state index is -0.946. The van der Waals surface area contributed by atoms with Crippen LogP contribution in [-0.4, -0.2) is 17.0 Å². The summed E-state index contributed by atoms with van der Waals surface area (Å²) < 4.78 is 0. The number of hydrogen-bond donors (Lipinski definition) is 2. The predicted octanol–water partition coefficient (Wildman–Crippen LogP) is 3.33. The van der Waals surface area contributed by atoms with Gasteiger partial charge in [-0.2, -0.15) is 0 Å². The molecule has 1 aromatic rings. The molecule has 1 aliphatic rings. The Kier molecular flexibility index (Phi) is 5.39. The molecule has 0 bridgehead atoms. The van der Waals surface area contributed by atoms with Gasteiger partial charge in [-0.3, -0.25) is 9.59 Å². The number of nitrogens with one attached hydrogen (secondary N) is 1. The van der Waals surface area contributed by atoms with E-state index in [-0.39, 0.29) is 18.2 Å². The fraction of sp³-hybridized carbons (Fsp3) is 0.375. The molecule has 2 unspecified atom stereocenters. The van der Waals surface area contributed by atoms with E-state index in [2.05, 4.69) is 11.4 Å². The number of allylic oxidation sites excluding steroid dienone is 2. The van der Waals surface area contributed by atoms with Crippen LogP contribution in [0.25, 0.3) is 0 Å². The van der Waals surface area contributed by atoms with Crippen LogP contribution in [0.2, 0.25) is 5.02 Å². The molecule has 112 valence electrons. The monoisotopic (exact) mass is 307 g/mol. The maximum absolute atomic E-state index is 12.3. The molecule has 21 heavy (non-hydrogen) atoms. The summed E-state index contributed by atoms with van der Waals surface area (Å²) >= 11 is 5.84. The quantitative estimate of drug-likeness (QED) is 0.820. The zero-order valence-corrected chi connectivity index (χ0v) is 12.3. The summed E-state index contributed by atoms with van der Waals surface area (Å²) in [7, 11) is 0. The van der Waals surface area contributed by atoms with Gasteiger partial charge in [0.1, 0.15) is 0 Å². The number of halogens is 1. The molecule has 1 aliphatic carbocycles. The van der Waals surface area contributed by atoms with Crippen molar-refractivity contribution >= 4 is 23.5 Å². The molecule has 0 aliphatic heterocycles. The minimum absolute atomic E-state index is 0.0707. The van der Waals surface area contributed by atoms with Gasteiger partial charge in [-0.25, -0.2) is 0 Å². The molecular formula is C16H18ClNO3. The first-order chi connectivity index (χ1) is 10.1. The van der Waals surface area contributed by atoms with Crippen LogP contribution in [0.15, 0.2) is 36.4 Å². The summed E-state index contributed by atoms with van der Waals surface area (Å²) in [6.45, 7) is 0. The Morgan fingerprint density at radius 1 is 1.29 bits per heavy atom. The highest BCUT2D eigenvalue weighted by Gasteiger charge is 2.23. The third kappa shape index (κ3) is 4.60. The molecule has 0 saturated carbocycles. The number of benzene rings is 1. The Morgan fingerprint density at radius 2 is 2.00 bits per heavy atom. The minimum Gasteiger partial charge on any atom is -0.481 e. The summed E-state index contributed by atoms with van der Waals surface area (Å²) in [5, 5.41) is 12.5. The molecule has 0 fully saturated rings. The summed E-state index contributed by atoms with van der Waals surface area (Å²) in [6, 6.07) is 6.36. The highest BCUT2D eigenvalue weighted by molar-refractivity contribution is 6.30. The summed E-state index contributed by atoms with van der Waals surface area (Å²) in [5.41, 5.74) is 0.751. The molecule has 2 atom stereocenters. The SMILES string of the molecule is O=C(O)CC(NC(=O)C1CC=CCC1)c1ccc(Cl)cc1. The molecule has 2 rings (SSSR count). The molecule has 2 N–H and O–H groups in total. The Balaban J connectivity index is 2.08. The van der Waals surface area contributed by atoms with Gasteiger partial charge in [-0.15, -0.1) is 0 Å². The van der Waals surface area contributed by atoms with Gasteiger partial charge >= 0.3 is 5.97 Å². The first kappa shape index (κ1) is 15.6. The van der Waals surface area contributed by atoms with E-state index in [0.717, 1.165) is 18.4 Å². The molecule has 5 heteroatoms. The van der Waals surface area contributed by atoms with Crippen LogP contribution in [0.5, 0.6) is 0 Å². The fourth-order valence-electron chi connectivity index (χ4n) is 2.44. The van der Waals surface area contributed by atoms with E-state index >= 15 is 0 Å². The highest BCUT2D eigenvalue weighted by Crippen LogP contribution is 2.23. The number of carboxylic acid groups (broad SMARTS) is 1. The van der Waals surface area contributed by atoms with Crippen LogP contribution in [0.1, 0.15) is 37.3 Å². The number of aliphatic carboxylic acids is 1. The number of hydrogen-bond acceptors (Lipinski definition) is 2. The van der Waals surface area contributed by atoms with Crippen LogP contribution >= 0.6 is 11.6 Å². The molecule has 0 saturated heterocycles. The second-order valence-electron chi connectivity index (χ2n) is 5.19. The third-order valence-corrected chi connectivity index (χ3v) is 3.86. The van der Waals surface area contributed by atoms with Gasteiger partial charge in [0.15, 0.2) is 0 Å². The van der Waals surface area contributed by atoms with Crippen molar-refractivity contribution in [2.75, 3.05) is 0 Å². The molecule has 0 heterocycles. The standard InChI is InChI=1S/C16H18ClNO3/c17-13-8-6-11(7-9-13)14(10-15(19)20)18-16(21)12-4-2-1-3-5-12/h1-2,6-9,12,14H,3-5,10H2,(H,18,21)(H,19,20). The number of carbonyl (C=O) groups excluding carboxylic acids is 1. The van der Waals surface area contributed by atoms with E-state index in [0.29, 0.717) is 11.4 Å². The molecule has 4 nitrogen and oxygen atoms in total. The van der Waals surface area contributed by atoms with E-state index in [9.17, 15) is 9.59 Å². The largest absolute Gasteiger partial charge is 0.481 e. The first-order valence-electron chi connectivity index (χ1n) is 6.99. The van der Waals surface area contributed by atoms with Crippen molar-refractivity contribution in [1.82, 2.24) is 5.32 Å². The second kappa shape index (κ2) is 7.27. The normalized spacial score (nSPS) is 19.0. The lowest BCUT2D eigenvalue weighted by Gasteiger charge is -2.22. The number of amides is 1. The number of rotatable bonds is 5. The van der Waals surface area contributed by atoms with Crippen molar-refractivity contribution in [2.45, 2.75) is 31.7 Å². The predicted molar refractivity (Wildman–Crippen MR) is 81.1 cm³/mol. The van der Waals surface area contributed by atoms with Gasteiger partial charge in [-0.05, 0) is 37.0 Å². The maximum Gasteiger partial charge on any atom is 0.305 e. The molecular weight excluding hydrogens is 290 g/mol. The third-order valence-electron chi connectivity index (χ3n) is 3.61. The van der Waals surface area contributed by atoms with Gasteiger partial charge in [0.25, 0.3) is 0 Å². The number of carbonyl (C=O) groups is 2. The average molecular weight is 308 g/mol. The molecule has 0 radical (unpaired) electrons. The Labute approximate surface area is 128 Å². The van der Waals surface area contributed by atoms with Crippen molar-refractivity contribution in [3.05, 3.63) is 47.0 Å². The lowest BCUT2D eigenvalue weighted by molar-refractivity contribution is -0.138. The van der Waals surface area contributed by atoms with Gasteiger partial charge < -0.3 is 10.4 Å². The zero-order chi connectivity index (χ0) is 15.2. The van der Waals surface area contributed by atoms with Crippen LogP contribution < -0.4 is 5.32 Å². The summed E-state index contributed by atoms with van der Waals surface area (Å²) in [6.07, 6.45) is 6.34. The van der Waals surface area contributed by atoms with Crippen LogP contribution in [0.4, 0.5) is 0 Å². The van der Waals surface area contributed by atoms with Crippen LogP contribution in [0.3, 0.4) is 0 Å². The van der Waals surface area contributed by atoms with E-state index in [1.807, 2.05) is 6.08 Å².